The largest absolute Gasteiger partial charge is 0.481 e. The van der Waals surface area contributed by atoms with Gasteiger partial charge in [0.2, 0.25) is 0 Å². The van der Waals surface area contributed by atoms with Crippen LogP contribution in [-0.4, -0.2) is 41.6 Å². The van der Waals surface area contributed by atoms with E-state index >= 15 is 0 Å². The van der Waals surface area contributed by atoms with Gasteiger partial charge >= 0.3 is 12.0 Å². The fraction of sp³-hybridized carbons (Fsp3) is 0.875. The third kappa shape index (κ3) is 4.11. The molecule has 2 amide bonds. The van der Waals surface area contributed by atoms with E-state index < -0.39 is 5.97 Å². The van der Waals surface area contributed by atoms with E-state index in [2.05, 4.69) is 12.2 Å². The molecular formula is C16H30N2O3. The van der Waals surface area contributed by atoms with Crippen LogP contribution in [0.15, 0.2) is 0 Å². The summed E-state index contributed by atoms with van der Waals surface area (Å²) in [5, 5.41) is 12.4. The maximum Gasteiger partial charge on any atom is 0.317 e. The lowest BCUT2D eigenvalue weighted by Crippen LogP contribution is -2.54. The van der Waals surface area contributed by atoms with E-state index in [0.29, 0.717) is 6.42 Å². The highest BCUT2D eigenvalue weighted by molar-refractivity contribution is 5.74. The zero-order valence-corrected chi connectivity index (χ0v) is 14.0. The first-order chi connectivity index (χ1) is 9.71. The summed E-state index contributed by atoms with van der Waals surface area (Å²) in [5.74, 6) is -0.925. The number of carboxylic acids is 1. The molecule has 0 bridgehead atoms. The van der Waals surface area contributed by atoms with Gasteiger partial charge in [-0.2, -0.15) is 0 Å². The molecule has 5 heteroatoms. The van der Waals surface area contributed by atoms with Crippen LogP contribution in [0.3, 0.4) is 0 Å². The molecule has 2 N–H and O–H groups in total. The summed E-state index contributed by atoms with van der Waals surface area (Å²) in [7, 11) is 1.81. The van der Waals surface area contributed by atoms with Gasteiger partial charge < -0.3 is 15.3 Å². The number of amides is 2. The summed E-state index contributed by atoms with van der Waals surface area (Å²) in [6.45, 7) is 8.89. The SMILES string of the molecule is CCCCN(C)C(=O)NC1CCC(C(=O)O)C(C)(C)C1C. The molecule has 0 saturated heterocycles. The minimum absolute atomic E-state index is 0.0483. The van der Waals surface area contributed by atoms with Crippen LogP contribution < -0.4 is 5.32 Å². The molecule has 122 valence electrons. The van der Waals surface area contributed by atoms with Crippen molar-refractivity contribution in [1.29, 1.82) is 0 Å². The van der Waals surface area contributed by atoms with Crippen molar-refractivity contribution >= 4 is 12.0 Å². The number of carbonyl (C=O) groups is 2. The molecule has 0 aliphatic heterocycles. The third-order valence-corrected chi connectivity index (χ3v) is 5.24. The smallest absolute Gasteiger partial charge is 0.317 e. The molecule has 1 aliphatic carbocycles. The fourth-order valence-corrected chi connectivity index (χ4v) is 3.21. The Hall–Kier alpha value is -1.26. The predicted molar refractivity (Wildman–Crippen MR) is 83.2 cm³/mol. The molecule has 3 unspecified atom stereocenters. The van der Waals surface area contributed by atoms with Crippen LogP contribution in [0.5, 0.6) is 0 Å². The van der Waals surface area contributed by atoms with Crippen LogP contribution in [0.4, 0.5) is 4.79 Å². The molecule has 0 heterocycles. The first kappa shape index (κ1) is 17.8. The third-order valence-electron chi connectivity index (χ3n) is 5.24. The van der Waals surface area contributed by atoms with Gasteiger partial charge in [-0.15, -0.1) is 0 Å². The zero-order chi connectivity index (χ0) is 16.2. The molecule has 1 aliphatic rings. The lowest BCUT2D eigenvalue weighted by molar-refractivity contribution is -0.150. The molecule has 0 spiro atoms. The van der Waals surface area contributed by atoms with Crippen LogP contribution in [0.25, 0.3) is 0 Å². The van der Waals surface area contributed by atoms with Gasteiger partial charge in [-0.05, 0) is 30.6 Å². The molecule has 0 aromatic rings. The highest BCUT2D eigenvalue weighted by atomic mass is 16.4. The van der Waals surface area contributed by atoms with Crippen molar-refractivity contribution in [2.24, 2.45) is 17.3 Å². The zero-order valence-electron chi connectivity index (χ0n) is 14.0. The van der Waals surface area contributed by atoms with Crippen LogP contribution in [0, 0.1) is 17.3 Å². The molecule has 3 atom stereocenters. The Bertz CT molecular complexity index is 382. The Morgan fingerprint density at radius 2 is 1.95 bits per heavy atom. The van der Waals surface area contributed by atoms with E-state index in [0.717, 1.165) is 25.8 Å². The summed E-state index contributed by atoms with van der Waals surface area (Å²) in [6.07, 6.45) is 3.41. The molecule has 0 aromatic carbocycles. The minimum atomic E-state index is -0.725. The standard InChI is InChI=1S/C16H30N2O3/c1-6-7-10-18(5)15(21)17-13-9-8-12(14(19)20)16(3,4)11(13)2/h11-13H,6-10H2,1-5H3,(H,17,21)(H,19,20). The first-order valence-corrected chi connectivity index (χ1v) is 7.96. The normalized spacial score (nSPS) is 28.0. The van der Waals surface area contributed by atoms with Gasteiger partial charge in [0.15, 0.2) is 0 Å². The molecule has 5 nitrogen and oxygen atoms in total. The van der Waals surface area contributed by atoms with E-state index in [-0.39, 0.29) is 29.3 Å². The topological polar surface area (TPSA) is 69.6 Å². The van der Waals surface area contributed by atoms with Crippen molar-refractivity contribution in [3.63, 3.8) is 0 Å². The lowest BCUT2D eigenvalue weighted by atomic mass is 9.61. The quantitative estimate of drug-likeness (QED) is 0.820. The maximum atomic E-state index is 12.2. The van der Waals surface area contributed by atoms with E-state index in [9.17, 15) is 14.7 Å². The lowest BCUT2D eigenvalue weighted by Gasteiger charge is -2.46. The summed E-state index contributed by atoms with van der Waals surface area (Å²) in [6, 6.07) is -0.00273. The van der Waals surface area contributed by atoms with Crippen molar-refractivity contribution in [2.75, 3.05) is 13.6 Å². The van der Waals surface area contributed by atoms with Gasteiger partial charge in [-0.1, -0.05) is 34.1 Å². The number of urea groups is 1. The van der Waals surface area contributed by atoms with Crippen molar-refractivity contribution in [3.8, 4) is 0 Å². The number of rotatable bonds is 5. The number of carbonyl (C=O) groups excluding carboxylic acids is 1. The first-order valence-electron chi connectivity index (χ1n) is 7.96. The van der Waals surface area contributed by atoms with E-state index in [1.165, 1.54) is 0 Å². The average molecular weight is 298 g/mol. The van der Waals surface area contributed by atoms with Gasteiger partial charge in [0.1, 0.15) is 0 Å². The summed E-state index contributed by atoms with van der Waals surface area (Å²) in [4.78, 5) is 25.3. The van der Waals surface area contributed by atoms with Crippen molar-refractivity contribution in [2.45, 2.75) is 59.4 Å². The highest BCUT2D eigenvalue weighted by Crippen LogP contribution is 2.45. The molecule has 1 saturated carbocycles. The summed E-state index contributed by atoms with van der Waals surface area (Å²) in [5.41, 5.74) is -0.315. The maximum absolute atomic E-state index is 12.2. The Morgan fingerprint density at radius 1 is 1.33 bits per heavy atom. The number of hydrogen-bond acceptors (Lipinski definition) is 2. The number of nitrogens with zero attached hydrogens (tertiary/aromatic N) is 1. The molecule has 1 fully saturated rings. The van der Waals surface area contributed by atoms with Crippen LogP contribution >= 0.6 is 0 Å². The number of nitrogens with one attached hydrogen (secondary N) is 1. The predicted octanol–water partition coefficient (Wildman–Crippen LogP) is 2.95. The minimum Gasteiger partial charge on any atom is -0.481 e. The average Bonchev–Trinajstić information content (AvgIpc) is 2.40. The van der Waals surface area contributed by atoms with Gasteiger partial charge in [0.05, 0.1) is 5.92 Å². The van der Waals surface area contributed by atoms with Crippen molar-refractivity contribution in [3.05, 3.63) is 0 Å². The van der Waals surface area contributed by atoms with Gasteiger partial charge in [-0.3, -0.25) is 4.79 Å². The van der Waals surface area contributed by atoms with Gasteiger partial charge in [0, 0.05) is 19.6 Å². The number of aliphatic carboxylic acids is 1. The van der Waals surface area contributed by atoms with Crippen LogP contribution in [-0.2, 0) is 4.79 Å². The van der Waals surface area contributed by atoms with Crippen LogP contribution in [0.2, 0.25) is 0 Å². The number of hydrogen-bond donors (Lipinski definition) is 2. The van der Waals surface area contributed by atoms with Crippen LogP contribution in [0.1, 0.15) is 53.4 Å². The monoisotopic (exact) mass is 298 g/mol. The second-order valence-electron chi connectivity index (χ2n) is 6.91. The second-order valence-corrected chi connectivity index (χ2v) is 6.91. The number of carboxylic acid groups (broad SMARTS) is 1. The summed E-state index contributed by atoms with van der Waals surface area (Å²) < 4.78 is 0. The Balaban J connectivity index is 2.66. The number of unbranched alkanes of at least 4 members (excludes halogenated alkanes) is 1. The Kier molecular flexibility index (Phi) is 6.05. The van der Waals surface area contributed by atoms with E-state index in [1.54, 1.807) is 4.90 Å². The van der Waals surface area contributed by atoms with Crippen molar-refractivity contribution in [1.82, 2.24) is 10.2 Å². The second kappa shape index (κ2) is 7.14. The van der Waals surface area contributed by atoms with E-state index in [1.807, 2.05) is 27.8 Å². The molecular weight excluding hydrogens is 268 g/mol. The summed E-state index contributed by atoms with van der Waals surface area (Å²) >= 11 is 0. The van der Waals surface area contributed by atoms with Gasteiger partial charge in [0.25, 0.3) is 0 Å². The Labute approximate surface area is 128 Å². The molecule has 21 heavy (non-hydrogen) atoms. The molecule has 0 aromatic heterocycles. The molecule has 1 rings (SSSR count). The van der Waals surface area contributed by atoms with E-state index in [4.69, 9.17) is 0 Å². The highest BCUT2D eigenvalue weighted by Gasteiger charge is 2.46. The van der Waals surface area contributed by atoms with Gasteiger partial charge in [-0.25, -0.2) is 4.79 Å². The fourth-order valence-electron chi connectivity index (χ4n) is 3.21. The van der Waals surface area contributed by atoms with Crippen molar-refractivity contribution < 1.29 is 14.7 Å². The Morgan fingerprint density at radius 3 is 2.48 bits per heavy atom. The molecule has 0 radical (unpaired) electrons.